The molecular formula is C14H19NO. The molecular weight excluding hydrogens is 198 g/mol. The summed E-state index contributed by atoms with van der Waals surface area (Å²) in [5.41, 5.74) is 2.87. The SMILES string of the molecule is CC(C)C(=O)NCC1CCc2ccccc21. The minimum atomic E-state index is 0.0802. The Bertz CT molecular complexity index is 384. The fourth-order valence-electron chi connectivity index (χ4n) is 2.29. The highest BCUT2D eigenvalue weighted by atomic mass is 16.1. The van der Waals surface area contributed by atoms with Gasteiger partial charge in [0.05, 0.1) is 0 Å². The van der Waals surface area contributed by atoms with Crippen molar-refractivity contribution in [3.8, 4) is 0 Å². The van der Waals surface area contributed by atoms with Crippen molar-refractivity contribution in [2.75, 3.05) is 6.54 Å². The molecule has 0 saturated heterocycles. The number of nitrogens with one attached hydrogen (secondary N) is 1. The van der Waals surface area contributed by atoms with E-state index in [-0.39, 0.29) is 11.8 Å². The predicted molar refractivity (Wildman–Crippen MR) is 65.4 cm³/mol. The Hall–Kier alpha value is -1.31. The molecule has 1 amide bonds. The Morgan fingerprint density at radius 3 is 2.94 bits per heavy atom. The van der Waals surface area contributed by atoms with Crippen LogP contribution in [0.1, 0.15) is 37.3 Å². The summed E-state index contributed by atoms with van der Waals surface area (Å²) >= 11 is 0. The van der Waals surface area contributed by atoms with E-state index in [1.54, 1.807) is 0 Å². The van der Waals surface area contributed by atoms with E-state index >= 15 is 0 Å². The molecule has 2 rings (SSSR count). The zero-order valence-electron chi connectivity index (χ0n) is 9.99. The highest BCUT2D eigenvalue weighted by Gasteiger charge is 2.22. The van der Waals surface area contributed by atoms with Crippen molar-refractivity contribution >= 4 is 5.91 Å². The molecule has 0 bridgehead atoms. The Morgan fingerprint density at radius 1 is 1.44 bits per heavy atom. The van der Waals surface area contributed by atoms with Crippen molar-refractivity contribution in [3.63, 3.8) is 0 Å². The van der Waals surface area contributed by atoms with Gasteiger partial charge in [-0.3, -0.25) is 4.79 Å². The summed E-state index contributed by atoms with van der Waals surface area (Å²) in [4.78, 5) is 11.5. The Morgan fingerprint density at radius 2 is 2.19 bits per heavy atom. The van der Waals surface area contributed by atoms with Crippen LogP contribution in [0, 0.1) is 5.92 Å². The molecule has 0 aliphatic heterocycles. The summed E-state index contributed by atoms with van der Waals surface area (Å²) in [6, 6.07) is 8.56. The maximum absolute atomic E-state index is 11.5. The normalized spacial score (nSPS) is 18.6. The number of fused-ring (bicyclic) bond motifs is 1. The average Bonchev–Trinajstić information content (AvgIpc) is 2.69. The van der Waals surface area contributed by atoms with Crippen molar-refractivity contribution in [1.29, 1.82) is 0 Å². The van der Waals surface area contributed by atoms with Crippen molar-refractivity contribution in [2.24, 2.45) is 5.92 Å². The topological polar surface area (TPSA) is 29.1 Å². The van der Waals surface area contributed by atoms with Crippen LogP contribution in [0.4, 0.5) is 0 Å². The smallest absolute Gasteiger partial charge is 0.222 e. The van der Waals surface area contributed by atoms with Gasteiger partial charge in [-0.25, -0.2) is 0 Å². The molecule has 1 N–H and O–H groups in total. The molecule has 0 saturated carbocycles. The monoisotopic (exact) mass is 217 g/mol. The van der Waals surface area contributed by atoms with E-state index in [4.69, 9.17) is 0 Å². The van der Waals surface area contributed by atoms with Crippen LogP contribution in [0.15, 0.2) is 24.3 Å². The Kier molecular flexibility index (Phi) is 3.28. The molecule has 1 unspecified atom stereocenters. The number of hydrogen-bond donors (Lipinski definition) is 1. The molecule has 86 valence electrons. The lowest BCUT2D eigenvalue weighted by molar-refractivity contribution is -0.124. The van der Waals surface area contributed by atoms with Gasteiger partial charge in [0.15, 0.2) is 0 Å². The van der Waals surface area contributed by atoms with Crippen molar-refractivity contribution < 1.29 is 4.79 Å². The van der Waals surface area contributed by atoms with E-state index in [1.165, 1.54) is 11.1 Å². The number of carbonyl (C=O) groups is 1. The number of aryl methyl sites for hydroxylation is 1. The van der Waals surface area contributed by atoms with Gasteiger partial charge in [-0.2, -0.15) is 0 Å². The maximum Gasteiger partial charge on any atom is 0.222 e. The number of amides is 1. The molecule has 1 aromatic rings. The van der Waals surface area contributed by atoms with Gasteiger partial charge in [-0.15, -0.1) is 0 Å². The fraction of sp³-hybridized carbons (Fsp3) is 0.500. The van der Waals surface area contributed by atoms with E-state index in [1.807, 2.05) is 13.8 Å². The van der Waals surface area contributed by atoms with Crippen LogP contribution >= 0.6 is 0 Å². The fourth-order valence-corrected chi connectivity index (χ4v) is 2.29. The molecule has 1 atom stereocenters. The summed E-state index contributed by atoms with van der Waals surface area (Å²) in [6.07, 6.45) is 2.32. The third-order valence-corrected chi connectivity index (χ3v) is 3.30. The quantitative estimate of drug-likeness (QED) is 0.828. The van der Waals surface area contributed by atoms with Gasteiger partial charge in [0.1, 0.15) is 0 Å². The molecule has 0 aromatic heterocycles. The van der Waals surface area contributed by atoms with E-state index in [0.717, 1.165) is 19.4 Å². The molecule has 1 aliphatic carbocycles. The minimum absolute atomic E-state index is 0.0802. The largest absolute Gasteiger partial charge is 0.355 e. The lowest BCUT2D eigenvalue weighted by Crippen LogP contribution is -2.31. The molecule has 0 spiro atoms. The first kappa shape index (κ1) is 11.2. The first-order valence-corrected chi connectivity index (χ1v) is 6.04. The van der Waals surface area contributed by atoms with E-state index in [0.29, 0.717) is 5.92 Å². The maximum atomic E-state index is 11.5. The van der Waals surface area contributed by atoms with Gasteiger partial charge >= 0.3 is 0 Å². The minimum Gasteiger partial charge on any atom is -0.355 e. The summed E-state index contributed by atoms with van der Waals surface area (Å²) in [7, 11) is 0. The summed E-state index contributed by atoms with van der Waals surface area (Å²) in [5.74, 6) is 0.750. The molecule has 0 fully saturated rings. The van der Waals surface area contributed by atoms with Crippen LogP contribution in [0.3, 0.4) is 0 Å². The molecule has 2 heteroatoms. The van der Waals surface area contributed by atoms with Gasteiger partial charge < -0.3 is 5.32 Å². The van der Waals surface area contributed by atoms with E-state index in [9.17, 15) is 4.79 Å². The van der Waals surface area contributed by atoms with Crippen LogP contribution in [-0.2, 0) is 11.2 Å². The third-order valence-electron chi connectivity index (χ3n) is 3.30. The standard InChI is InChI=1S/C14H19NO/c1-10(2)14(16)15-9-12-8-7-11-5-3-4-6-13(11)12/h3-6,10,12H,7-9H2,1-2H3,(H,15,16). The molecule has 2 nitrogen and oxygen atoms in total. The van der Waals surface area contributed by atoms with Gasteiger partial charge in [0.2, 0.25) is 5.91 Å². The second kappa shape index (κ2) is 4.69. The number of benzene rings is 1. The first-order valence-electron chi connectivity index (χ1n) is 6.04. The molecule has 1 aromatic carbocycles. The van der Waals surface area contributed by atoms with Crippen molar-refractivity contribution in [3.05, 3.63) is 35.4 Å². The van der Waals surface area contributed by atoms with Gasteiger partial charge in [0.25, 0.3) is 0 Å². The van der Waals surface area contributed by atoms with Gasteiger partial charge in [-0.1, -0.05) is 38.1 Å². The third kappa shape index (κ3) is 2.26. The zero-order chi connectivity index (χ0) is 11.5. The molecule has 0 heterocycles. The zero-order valence-corrected chi connectivity index (χ0v) is 9.99. The predicted octanol–water partition coefficient (Wildman–Crippen LogP) is 2.49. The number of rotatable bonds is 3. The Labute approximate surface area is 97.1 Å². The highest BCUT2D eigenvalue weighted by Crippen LogP contribution is 2.32. The van der Waals surface area contributed by atoms with Crippen molar-refractivity contribution in [1.82, 2.24) is 5.32 Å². The van der Waals surface area contributed by atoms with Gasteiger partial charge in [-0.05, 0) is 24.0 Å². The van der Waals surface area contributed by atoms with Crippen LogP contribution in [0.5, 0.6) is 0 Å². The van der Waals surface area contributed by atoms with Crippen molar-refractivity contribution in [2.45, 2.75) is 32.6 Å². The average molecular weight is 217 g/mol. The van der Waals surface area contributed by atoms with Crippen LogP contribution in [-0.4, -0.2) is 12.5 Å². The molecule has 1 aliphatic rings. The van der Waals surface area contributed by atoms with Crippen LogP contribution in [0.2, 0.25) is 0 Å². The summed E-state index contributed by atoms with van der Waals surface area (Å²) in [5, 5.41) is 3.03. The number of hydrogen-bond acceptors (Lipinski definition) is 1. The van der Waals surface area contributed by atoms with Gasteiger partial charge in [0, 0.05) is 18.4 Å². The second-order valence-corrected chi connectivity index (χ2v) is 4.83. The summed E-state index contributed by atoms with van der Waals surface area (Å²) < 4.78 is 0. The molecule has 16 heavy (non-hydrogen) atoms. The van der Waals surface area contributed by atoms with E-state index < -0.39 is 0 Å². The molecule has 0 radical (unpaired) electrons. The lowest BCUT2D eigenvalue weighted by atomic mass is 10.0. The summed E-state index contributed by atoms with van der Waals surface area (Å²) in [6.45, 7) is 4.64. The number of carbonyl (C=O) groups excluding carboxylic acids is 1. The highest BCUT2D eigenvalue weighted by molar-refractivity contribution is 5.77. The van der Waals surface area contributed by atoms with E-state index in [2.05, 4.69) is 29.6 Å². The van der Waals surface area contributed by atoms with Crippen LogP contribution < -0.4 is 5.32 Å². The first-order chi connectivity index (χ1) is 7.68. The second-order valence-electron chi connectivity index (χ2n) is 4.83. The van der Waals surface area contributed by atoms with Crippen LogP contribution in [0.25, 0.3) is 0 Å². The Balaban J connectivity index is 1.96. The lowest BCUT2D eigenvalue weighted by Gasteiger charge is -2.14.